The van der Waals surface area contributed by atoms with Gasteiger partial charge in [0.2, 0.25) is 0 Å². The fourth-order valence-corrected chi connectivity index (χ4v) is 1.86. The maximum atomic E-state index is 11.4. The van der Waals surface area contributed by atoms with Crippen LogP contribution in [0.25, 0.3) is 0 Å². The van der Waals surface area contributed by atoms with Gasteiger partial charge in [-0.2, -0.15) is 0 Å². The number of benzene rings is 1. The molecular weight excluding hydrogens is 278 g/mol. The average molecular weight is 305 g/mol. The van der Waals surface area contributed by atoms with E-state index >= 15 is 0 Å². The Bertz CT molecular complexity index is 481. The molecule has 122 valence electrons. The molecule has 0 radical (unpaired) electrons. The molecule has 0 amide bonds. The highest BCUT2D eigenvalue weighted by Gasteiger charge is 2.04. The molecule has 0 fully saturated rings. The zero-order valence-electron chi connectivity index (χ0n) is 14.0. The van der Waals surface area contributed by atoms with Gasteiger partial charge in [0.15, 0.2) is 5.96 Å². The number of nitrogens with one attached hydrogen (secondary N) is 2. The Morgan fingerprint density at radius 1 is 1.23 bits per heavy atom. The van der Waals surface area contributed by atoms with Crippen LogP contribution in [0.2, 0.25) is 0 Å². The first-order chi connectivity index (χ1) is 10.6. The maximum absolute atomic E-state index is 11.4. The van der Waals surface area contributed by atoms with Crippen molar-refractivity contribution in [3.63, 3.8) is 0 Å². The van der Waals surface area contributed by atoms with Crippen LogP contribution in [-0.2, 0) is 11.3 Å². The Morgan fingerprint density at radius 2 is 1.91 bits per heavy atom. The fraction of sp³-hybridized carbons (Fsp3) is 0.529. The number of aliphatic imine (C=N–C) groups is 1. The zero-order chi connectivity index (χ0) is 16.4. The van der Waals surface area contributed by atoms with Crippen LogP contribution >= 0.6 is 0 Å². The average Bonchev–Trinajstić information content (AvgIpc) is 2.52. The Labute approximate surface area is 133 Å². The Kier molecular flexibility index (Phi) is 8.04. The highest BCUT2D eigenvalue weighted by molar-refractivity contribution is 5.89. The summed E-state index contributed by atoms with van der Waals surface area (Å²) < 4.78 is 4.68. The van der Waals surface area contributed by atoms with E-state index in [-0.39, 0.29) is 5.97 Å². The summed E-state index contributed by atoms with van der Waals surface area (Å²) in [5, 5.41) is 6.56. The van der Waals surface area contributed by atoms with Crippen LogP contribution in [0.15, 0.2) is 29.3 Å². The number of rotatable bonds is 7. The molecule has 1 aromatic carbocycles. The Morgan fingerprint density at radius 3 is 2.45 bits per heavy atom. The van der Waals surface area contributed by atoms with Crippen LogP contribution in [-0.4, -0.2) is 32.1 Å². The first-order valence-corrected chi connectivity index (χ1v) is 7.76. The smallest absolute Gasteiger partial charge is 0.337 e. The molecule has 0 heterocycles. The van der Waals surface area contributed by atoms with Crippen molar-refractivity contribution in [3.8, 4) is 0 Å². The van der Waals surface area contributed by atoms with Gasteiger partial charge in [0.05, 0.1) is 19.2 Å². The standard InChI is InChI=1S/C17H27N3O2/c1-5-18-17(19-11-10-13(2)3)20-12-14-6-8-15(9-7-14)16(21)22-4/h6-9,13H,5,10-12H2,1-4H3,(H2,18,19,20). The summed E-state index contributed by atoms with van der Waals surface area (Å²) in [6.45, 7) is 8.76. The highest BCUT2D eigenvalue weighted by Crippen LogP contribution is 2.07. The van der Waals surface area contributed by atoms with Gasteiger partial charge in [-0.15, -0.1) is 0 Å². The molecule has 22 heavy (non-hydrogen) atoms. The monoisotopic (exact) mass is 305 g/mol. The topological polar surface area (TPSA) is 62.7 Å². The second-order valence-corrected chi connectivity index (χ2v) is 5.49. The molecule has 0 aromatic heterocycles. The van der Waals surface area contributed by atoms with Crippen LogP contribution in [0.3, 0.4) is 0 Å². The molecule has 0 atom stereocenters. The SMILES string of the molecule is CCNC(=NCc1ccc(C(=O)OC)cc1)NCCC(C)C. The van der Waals surface area contributed by atoms with Gasteiger partial charge in [-0.05, 0) is 37.0 Å². The minimum absolute atomic E-state index is 0.321. The molecule has 0 saturated heterocycles. The predicted octanol–water partition coefficient (Wildman–Crippen LogP) is 2.57. The number of hydrogen-bond donors (Lipinski definition) is 2. The van der Waals surface area contributed by atoms with Crippen LogP contribution in [0, 0.1) is 5.92 Å². The summed E-state index contributed by atoms with van der Waals surface area (Å²) in [4.78, 5) is 15.9. The third-order valence-corrected chi connectivity index (χ3v) is 3.15. The van der Waals surface area contributed by atoms with Gasteiger partial charge in [-0.1, -0.05) is 26.0 Å². The third kappa shape index (κ3) is 6.61. The van der Waals surface area contributed by atoms with Crippen molar-refractivity contribution in [1.29, 1.82) is 0 Å². The molecule has 0 aliphatic rings. The van der Waals surface area contributed by atoms with Gasteiger partial charge >= 0.3 is 5.97 Å². The molecule has 0 unspecified atom stereocenters. The van der Waals surface area contributed by atoms with E-state index in [4.69, 9.17) is 0 Å². The lowest BCUT2D eigenvalue weighted by Gasteiger charge is -2.12. The molecule has 0 aliphatic carbocycles. The van der Waals surface area contributed by atoms with E-state index in [0.717, 1.165) is 31.0 Å². The highest BCUT2D eigenvalue weighted by atomic mass is 16.5. The summed E-state index contributed by atoms with van der Waals surface area (Å²) in [5.74, 6) is 1.17. The third-order valence-electron chi connectivity index (χ3n) is 3.15. The normalized spacial score (nSPS) is 11.4. The molecule has 0 saturated carbocycles. The minimum atomic E-state index is -0.321. The van der Waals surface area contributed by atoms with E-state index in [1.54, 1.807) is 12.1 Å². The minimum Gasteiger partial charge on any atom is -0.465 e. The second kappa shape index (κ2) is 9.82. The molecule has 0 bridgehead atoms. The molecule has 0 spiro atoms. The van der Waals surface area contributed by atoms with Crippen molar-refractivity contribution >= 4 is 11.9 Å². The summed E-state index contributed by atoms with van der Waals surface area (Å²) in [7, 11) is 1.38. The number of carbonyl (C=O) groups excluding carboxylic acids is 1. The lowest BCUT2D eigenvalue weighted by Crippen LogP contribution is -2.38. The Hall–Kier alpha value is -2.04. The van der Waals surface area contributed by atoms with Crippen molar-refractivity contribution in [3.05, 3.63) is 35.4 Å². The first-order valence-electron chi connectivity index (χ1n) is 7.76. The molecule has 5 heteroatoms. The lowest BCUT2D eigenvalue weighted by molar-refractivity contribution is 0.0600. The largest absolute Gasteiger partial charge is 0.465 e. The quantitative estimate of drug-likeness (QED) is 0.462. The summed E-state index contributed by atoms with van der Waals surface area (Å²) in [6, 6.07) is 7.31. The van der Waals surface area contributed by atoms with Gasteiger partial charge in [0.1, 0.15) is 0 Å². The van der Waals surface area contributed by atoms with Crippen LogP contribution in [0.5, 0.6) is 0 Å². The number of esters is 1. The number of carbonyl (C=O) groups is 1. The van der Waals surface area contributed by atoms with Crippen LogP contribution in [0.4, 0.5) is 0 Å². The van der Waals surface area contributed by atoms with Crippen molar-refractivity contribution in [2.24, 2.45) is 10.9 Å². The first kappa shape index (κ1) is 18.0. The van der Waals surface area contributed by atoms with Gasteiger partial charge in [0, 0.05) is 13.1 Å². The molecule has 5 nitrogen and oxygen atoms in total. The Balaban J connectivity index is 2.59. The van der Waals surface area contributed by atoms with Crippen LogP contribution < -0.4 is 10.6 Å². The van der Waals surface area contributed by atoms with Gasteiger partial charge in [-0.3, -0.25) is 0 Å². The second-order valence-electron chi connectivity index (χ2n) is 5.49. The number of guanidine groups is 1. The maximum Gasteiger partial charge on any atom is 0.337 e. The molecule has 1 aromatic rings. The molecule has 0 aliphatic heterocycles. The number of hydrogen-bond acceptors (Lipinski definition) is 3. The number of nitrogens with zero attached hydrogens (tertiary/aromatic N) is 1. The molecule has 1 rings (SSSR count). The van der Waals surface area contributed by atoms with Crippen molar-refractivity contribution in [2.45, 2.75) is 33.7 Å². The number of methoxy groups -OCH3 is 1. The van der Waals surface area contributed by atoms with E-state index in [9.17, 15) is 4.79 Å². The lowest BCUT2D eigenvalue weighted by atomic mass is 10.1. The summed E-state index contributed by atoms with van der Waals surface area (Å²) >= 11 is 0. The van der Waals surface area contributed by atoms with Crippen molar-refractivity contribution in [2.75, 3.05) is 20.2 Å². The van der Waals surface area contributed by atoms with E-state index in [1.807, 2.05) is 19.1 Å². The summed E-state index contributed by atoms with van der Waals surface area (Å²) in [6.07, 6.45) is 1.11. The fourth-order valence-electron chi connectivity index (χ4n) is 1.86. The van der Waals surface area contributed by atoms with Gasteiger partial charge in [0.25, 0.3) is 0 Å². The van der Waals surface area contributed by atoms with E-state index in [1.165, 1.54) is 7.11 Å². The van der Waals surface area contributed by atoms with E-state index in [0.29, 0.717) is 18.0 Å². The molecule has 2 N–H and O–H groups in total. The van der Waals surface area contributed by atoms with Gasteiger partial charge < -0.3 is 15.4 Å². The zero-order valence-corrected chi connectivity index (χ0v) is 14.0. The van der Waals surface area contributed by atoms with E-state index in [2.05, 4.69) is 34.2 Å². The number of ether oxygens (including phenoxy) is 1. The van der Waals surface area contributed by atoms with E-state index < -0.39 is 0 Å². The van der Waals surface area contributed by atoms with Crippen molar-refractivity contribution < 1.29 is 9.53 Å². The predicted molar refractivity (Wildman–Crippen MR) is 90.1 cm³/mol. The van der Waals surface area contributed by atoms with Crippen molar-refractivity contribution in [1.82, 2.24) is 10.6 Å². The van der Waals surface area contributed by atoms with Gasteiger partial charge in [-0.25, -0.2) is 9.79 Å². The van der Waals surface area contributed by atoms with Crippen LogP contribution in [0.1, 0.15) is 43.1 Å². The molecular formula is C17H27N3O2. The summed E-state index contributed by atoms with van der Waals surface area (Å²) in [5.41, 5.74) is 1.60.